The molecular weight excluding hydrogens is 1060 g/mol. The fourth-order valence-electron chi connectivity index (χ4n) is 13.0. The normalized spacial score (nSPS) is 12.8. The van der Waals surface area contributed by atoms with Crippen LogP contribution in [0.2, 0.25) is 0 Å². The van der Waals surface area contributed by atoms with Gasteiger partial charge >= 0.3 is 0 Å². The van der Waals surface area contributed by atoms with E-state index in [1.165, 1.54) is 280 Å². The van der Waals surface area contributed by atoms with Crippen LogP contribution in [0.25, 0.3) is 64.5 Å². The summed E-state index contributed by atoms with van der Waals surface area (Å²) in [7, 11) is 0. The molecule has 7 rings (SSSR count). The molecule has 2 atom stereocenters. The highest BCUT2D eigenvalue weighted by Gasteiger charge is 2.24. The third-order valence-corrected chi connectivity index (χ3v) is 21.0. The van der Waals surface area contributed by atoms with Crippen LogP contribution in [0.5, 0.6) is 0 Å². The third kappa shape index (κ3) is 20.0. The van der Waals surface area contributed by atoms with Crippen LogP contribution >= 0.6 is 46.1 Å². The zero-order chi connectivity index (χ0) is 56.0. The molecule has 0 saturated heterocycles. The van der Waals surface area contributed by atoms with E-state index in [-0.39, 0.29) is 10.9 Å². The van der Waals surface area contributed by atoms with E-state index in [1.54, 1.807) is 22.7 Å². The van der Waals surface area contributed by atoms with Gasteiger partial charge in [-0.1, -0.05) is 285 Å². The van der Waals surface area contributed by atoms with Crippen LogP contribution < -0.4 is 10.9 Å². The number of rotatable bonds is 46. The highest BCUT2D eigenvalue weighted by atomic mass is 32.1. The highest BCUT2D eigenvalue weighted by molar-refractivity contribution is 7.14. The molecule has 2 unspecified atom stereocenters. The van der Waals surface area contributed by atoms with Crippen LogP contribution in [0.1, 0.15) is 296 Å². The molecule has 0 aliphatic carbocycles. The van der Waals surface area contributed by atoms with Gasteiger partial charge < -0.3 is 0 Å². The second-order valence-corrected chi connectivity index (χ2v) is 27.6. The molecule has 0 aliphatic rings. The summed E-state index contributed by atoms with van der Waals surface area (Å²) in [6, 6.07) is 8.70. The number of H-pyrrole nitrogens is 2. The monoisotopic (exact) mass is 1160 g/mol. The standard InChI is InChI=1S/C70H106N4O2S4/c1-5-9-13-17-21-25-27-31-35-39-43-53(41-37-33-29-23-19-15-11-7-3)45-55-47-61(77-51-55)57-49-59-63(67-65(57)71-79-73-67)70(76)60-50-58(66-68(74-80-72-66)64(60)69(59)75)62-48-56(52-78-62)46-54(42-38-34-30-24-20-16-12-8-4)44-40-36-32-28-26-22-18-14-10-6-2/h47-54,71,73H,5-46H2,1-4H3. The van der Waals surface area contributed by atoms with Crippen molar-refractivity contribution in [2.24, 2.45) is 11.8 Å². The zero-order valence-corrected chi connectivity index (χ0v) is 53.9. The molecule has 0 radical (unpaired) electrons. The predicted molar refractivity (Wildman–Crippen MR) is 357 cm³/mol. The average molecular weight is 1160 g/mol. The molecule has 7 aromatic rings. The highest BCUT2D eigenvalue weighted by Crippen LogP contribution is 2.40. The lowest BCUT2D eigenvalue weighted by Crippen LogP contribution is -2.14. The van der Waals surface area contributed by atoms with Crippen LogP contribution in [0.4, 0.5) is 0 Å². The van der Waals surface area contributed by atoms with Crippen LogP contribution in [-0.2, 0) is 12.8 Å². The molecule has 4 aromatic heterocycles. The van der Waals surface area contributed by atoms with Crippen molar-refractivity contribution in [3.05, 3.63) is 66.6 Å². The molecule has 0 fully saturated rings. The van der Waals surface area contributed by atoms with Gasteiger partial charge in [-0.3, -0.25) is 18.3 Å². The van der Waals surface area contributed by atoms with Crippen molar-refractivity contribution in [2.75, 3.05) is 0 Å². The van der Waals surface area contributed by atoms with Gasteiger partial charge in [0.1, 0.15) is 11.0 Å². The molecule has 0 bridgehead atoms. The van der Waals surface area contributed by atoms with E-state index in [0.29, 0.717) is 38.9 Å². The number of hydrogen-bond donors (Lipinski definition) is 2. The number of hydrogen-bond acceptors (Lipinski definition) is 8. The van der Waals surface area contributed by atoms with E-state index in [9.17, 15) is 0 Å². The fourth-order valence-corrected chi connectivity index (χ4v) is 16.2. The molecule has 80 heavy (non-hydrogen) atoms. The number of nitrogens with zero attached hydrogens (tertiary/aromatic N) is 2. The second kappa shape index (κ2) is 37.2. The van der Waals surface area contributed by atoms with Gasteiger partial charge in [0.05, 0.1) is 33.5 Å². The van der Waals surface area contributed by atoms with Crippen molar-refractivity contribution < 1.29 is 0 Å². The smallest absolute Gasteiger partial charge is 0.196 e. The lowest BCUT2D eigenvalue weighted by atomic mass is 9.89. The Morgan fingerprint density at radius 2 is 0.725 bits per heavy atom. The number of aromatic amines is 2. The van der Waals surface area contributed by atoms with Crippen LogP contribution in [0.15, 0.2) is 44.6 Å². The molecule has 6 nitrogen and oxygen atoms in total. The maximum Gasteiger partial charge on any atom is 0.196 e. The maximum atomic E-state index is 15.1. The van der Waals surface area contributed by atoms with Crippen LogP contribution in [-0.4, -0.2) is 17.5 Å². The summed E-state index contributed by atoms with van der Waals surface area (Å²) in [6.07, 6.45) is 56.6. The molecular formula is C70H106N4O2S4. The Bertz CT molecular complexity index is 2720. The Hall–Kier alpha value is -3.18. The lowest BCUT2D eigenvalue weighted by Gasteiger charge is -2.16. The van der Waals surface area contributed by atoms with Gasteiger partial charge in [-0.15, -0.1) is 22.7 Å². The quantitative estimate of drug-likeness (QED) is 0.0294. The molecule has 0 aliphatic heterocycles. The van der Waals surface area contributed by atoms with Gasteiger partial charge in [0.15, 0.2) is 10.9 Å². The fraction of sp³-hybridized carbons (Fsp3) is 0.686. The number of fused-ring (bicyclic) bond motifs is 6. The molecule has 2 N–H and O–H groups in total. The Kier molecular flexibility index (Phi) is 29.9. The van der Waals surface area contributed by atoms with Gasteiger partial charge in [-0.05, 0) is 70.8 Å². The van der Waals surface area contributed by atoms with E-state index in [0.717, 1.165) is 62.0 Å². The molecule has 0 saturated carbocycles. The predicted octanol–water partition coefficient (Wildman–Crippen LogP) is 24.0. The van der Waals surface area contributed by atoms with Gasteiger partial charge in [-0.25, -0.2) is 0 Å². The largest absolute Gasteiger partial charge is 0.294 e. The first-order valence-corrected chi connectivity index (χ1v) is 36.7. The van der Waals surface area contributed by atoms with Gasteiger partial charge in [-0.2, -0.15) is 8.75 Å². The van der Waals surface area contributed by atoms with E-state index in [4.69, 9.17) is 8.75 Å². The Morgan fingerprint density at radius 1 is 0.388 bits per heavy atom. The molecule has 0 amide bonds. The van der Waals surface area contributed by atoms with Crippen LogP contribution in [0.3, 0.4) is 0 Å². The van der Waals surface area contributed by atoms with Crippen molar-refractivity contribution in [1.82, 2.24) is 17.5 Å². The van der Waals surface area contributed by atoms with E-state index < -0.39 is 0 Å². The Labute approximate surface area is 500 Å². The van der Waals surface area contributed by atoms with Crippen molar-refractivity contribution in [3.8, 4) is 20.9 Å². The van der Waals surface area contributed by atoms with Gasteiger partial charge in [0.2, 0.25) is 0 Å². The van der Waals surface area contributed by atoms with Gasteiger partial charge in [0, 0.05) is 43.4 Å². The minimum absolute atomic E-state index is 0.119. The summed E-state index contributed by atoms with van der Waals surface area (Å²) in [5.74, 6) is 1.37. The third-order valence-electron chi connectivity index (χ3n) is 17.9. The number of benzene rings is 3. The maximum absolute atomic E-state index is 15.1. The number of nitrogens with one attached hydrogen (secondary N) is 2. The Balaban J connectivity index is 1.06. The van der Waals surface area contributed by atoms with E-state index in [2.05, 4.69) is 59.3 Å². The number of thiophene rings is 2. The number of aromatic nitrogens is 4. The van der Waals surface area contributed by atoms with Crippen molar-refractivity contribution >= 4 is 89.7 Å². The lowest BCUT2D eigenvalue weighted by molar-refractivity contribution is 0.400. The first kappa shape index (κ1) is 64.4. The summed E-state index contributed by atoms with van der Waals surface area (Å²) in [6.45, 7) is 9.21. The van der Waals surface area contributed by atoms with E-state index in [1.807, 2.05) is 12.1 Å². The van der Waals surface area contributed by atoms with Crippen molar-refractivity contribution in [2.45, 2.75) is 297 Å². The first-order valence-electron chi connectivity index (χ1n) is 33.4. The molecule has 0 spiro atoms. The molecule has 10 heteroatoms. The minimum Gasteiger partial charge on any atom is -0.294 e. The molecule has 4 heterocycles. The second-order valence-electron chi connectivity index (χ2n) is 24.6. The van der Waals surface area contributed by atoms with Crippen molar-refractivity contribution in [1.29, 1.82) is 0 Å². The van der Waals surface area contributed by atoms with Crippen molar-refractivity contribution in [3.63, 3.8) is 0 Å². The van der Waals surface area contributed by atoms with E-state index >= 15 is 9.59 Å². The van der Waals surface area contributed by atoms with Crippen LogP contribution in [0, 0.1) is 11.8 Å². The average Bonchev–Trinajstić information content (AvgIpc) is 4.37. The molecule has 3 aromatic carbocycles. The summed E-state index contributed by atoms with van der Waals surface area (Å²) in [4.78, 5) is 32.4. The SMILES string of the molecule is CCCCCCCCCCCCC(CCCCCCCCCC)Cc1csc(-c2cc3c(=O)c4c(cc(-c5cc(CC(CCCCCCCCCC)CCCCCCCCCCCC)cs5)c5[nH]s[nH]c54)c(=O)c3c3nsnc23)c1. The molecule has 442 valence electrons. The Morgan fingerprint density at radius 3 is 1.15 bits per heavy atom. The van der Waals surface area contributed by atoms with Gasteiger partial charge in [0.25, 0.3) is 0 Å². The minimum atomic E-state index is -0.136. The summed E-state index contributed by atoms with van der Waals surface area (Å²) < 4.78 is 16.6. The summed E-state index contributed by atoms with van der Waals surface area (Å²) in [5.41, 5.74) is 7.31. The summed E-state index contributed by atoms with van der Waals surface area (Å²) in [5, 5.41) is 6.47. The zero-order valence-electron chi connectivity index (χ0n) is 50.7. The number of unbranched alkanes of at least 4 members (excludes halogenated alkanes) is 32. The topological polar surface area (TPSA) is 91.5 Å². The summed E-state index contributed by atoms with van der Waals surface area (Å²) >= 11 is 6.04. The first-order chi connectivity index (χ1) is 39.4.